The number of hydrogen-bond donors (Lipinski definition) is 1. The summed E-state index contributed by atoms with van der Waals surface area (Å²) in [6.07, 6.45) is 1.89. The van der Waals surface area contributed by atoms with Gasteiger partial charge in [-0.1, -0.05) is 32.0 Å². The van der Waals surface area contributed by atoms with Crippen LogP contribution in [0.2, 0.25) is 0 Å². The minimum absolute atomic E-state index is 0.0141. The van der Waals surface area contributed by atoms with Gasteiger partial charge in [-0.2, -0.15) is 0 Å². The Kier molecular flexibility index (Phi) is 5.42. The van der Waals surface area contributed by atoms with Crippen molar-refractivity contribution in [3.8, 4) is 5.75 Å². The maximum atomic E-state index is 11.1. The number of hydrogen-bond acceptors (Lipinski definition) is 2. The molecule has 0 radical (unpaired) electrons. The van der Waals surface area contributed by atoms with Crippen LogP contribution in [0.15, 0.2) is 30.3 Å². The molecule has 2 aromatic carbocycles. The van der Waals surface area contributed by atoms with Crippen LogP contribution >= 0.6 is 0 Å². The van der Waals surface area contributed by atoms with Crippen LogP contribution in [0.4, 0.5) is 0 Å². The molecule has 0 aliphatic heterocycles. The Morgan fingerprint density at radius 1 is 1.23 bits per heavy atom. The van der Waals surface area contributed by atoms with Crippen LogP contribution in [-0.4, -0.2) is 19.6 Å². The summed E-state index contributed by atoms with van der Waals surface area (Å²) in [6.45, 7) is 6.67. The highest BCUT2D eigenvalue weighted by atomic mass is 16.5. The molecule has 0 aliphatic carbocycles. The normalized spacial score (nSPS) is 11.0. The van der Waals surface area contributed by atoms with Crippen molar-refractivity contribution in [2.24, 2.45) is 5.92 Å². The Morgan fingerprint density at radius 3 is 2.64 bits per heavy atom. The molecule has 0 atom stereocenters. The van der Waals surface area contributed by atoms with Gasteiger partial charge < -0.3 is 10.1 Å². The van der Waals surface area contributed by atoms with E-state index in [4.69, 9.17) is 4.74 Å². The van der Waals surface area contributed by atoms with E-state index in [9.17, 15) is 4.79 Å². The van der Waals surface area contributed by atoms with Crippen LogP contribution < -0.4 is 10.1 Å². The maximum absolute atomic E-state index is 11.1. The van der Waals surface area contributed by atoms with Crippen molar-refractivity contribution in [1.29, 1.82) is 0 Å². The van der Waals surface area contributed by atoms with E-state index in [-0.39, 0.29) is 5.91 Å². The summed E-state index contributed by atoms with van der Waals surface area (Å²) >= 11 is 0. The number of nitrogens with one attached hydrogen (secondary N) is 1. The Hall–Kier alpha value is -2.03. The van der Waals surface area contributed by atoms with Gasteiger partial charge in [0.2, 0.25) is 5.91 Å². The second kappa shape index (κ2) is 7.30. The smallest absolute Gasteiger partial charge is 0.216 e. The molecule has 1 N–H and O–H groups in total. The van der Waals surface area contributed by atoms with E-state index < -0.39 is 0 Å². The van der Waals surface area contributed by atoms with Crippen LogP contribution in [0.3, 0.4) is 0 Å². The molecular weight excluding hydrogens is 274 g/mol. The van der Waals surface area contributed by atoms with Crippen molar-refractivity contribution in [2.75, 3.05) is 13.7 Å². The molecule has 0 saturated carbocycles. The lowest BCUT2D eigenvalue weighted by atomic mass is 9.94. The molecule has 1 amide bonds. The zero-order valence-electron chi connectivity index (χ0n) is 13.9. The highest BCUT2D eigenvalue weighted by Gasteiger charge is 2.08. The molecular formula is C19H25NO2. The van der Waals surface area contributed by atoms with E-state index in [1.165, 1.54) is 21.9 Å². The van der Waals surface area contributed by atoms with E-state index in [1.807, 2.05) is 6.07 Å². The minimum atomic E-state index is 0.0141. The van der Waals surface area contributed by atoms with Crippen molar-refractivity contribution in [3.05, 3.63) is 41.5 Å². The van der Waals surface area contributed by atoms with E-state index in [0.29, 0.717) is 12.5 Å². The van der Waals surface area contributed by atoms with Gasteiger partial charge in [-0.15, -0.1) is 0 Å². The first-order valence-corrected chi connectivity index (χ1v) is 7.83. The van der Waals surface area contributed by atoms with Crippen molar-refractivity contribution in [3.63, 3.8) is 0 Å². The molecule has 0 aromatic heterocycles. The lowest BCUT2D eigenvalue weighted by molar-refractivity contribution is -0.118. The monoisotopic (exact) mass is 299 g/mol. The van der Waals surface area contributed by atoms with E-state index in [0.717, 1.165) is 18.6 Å². The first kappa shape index (κ1) is 16.3. The summed E-state index contributed by atoms with van der Waals surface area (Å²) in [6, 6.07) is 10.7. The van der Waals surface area contributed by atoms with Gasteiger partial charge in [0.1, 0.15) is 5.75 Å². The van der Waals surface area contributed by atoms with E-state index in [2.05, 4.69) is 43.4 Å². The van der Waals surface area contributed by atoms with Crippen LogP contribution in [0, 0.1) is 5.92 Å². The lowest BCUT2D eigenvalue weighted by Crippen LogP contribution is -2.22. The third kappa shape index (κ3) is 4.23. The average molecular weight is 299 g/mol. The molecule has 0 unspecified atom stereocenters. The molecule has 2 rings (SSSR count). The average Bonchev–Trinajstić information content (AvgIpc) is 2.45. The highest BCUT2D eigenvalue weighted by molar-refractivity contribution is 5.88. The Morgan fingerprint density at radius 2 is 2.00 bits per heavy atom. The summed E-state index contributed by atoms with van der Waals surface area (Å²) in [7, 11) is 1.69. The molecule has 118 valence electrons. The van der Waals surface area contributed by atoms with Gasteiger partial charge in [0.25, 0.3) is 0 Å². The number of benzene rings is 2. The van der Waals surface area contributed by atoms with Crippen molar-refractivity contribution < 1.29 is 9.53 Å². The molecule has 0 bridgehead atoms. The predicted molar refractivity (Wildman–Crippen MR) is 91.4 cm³/mol. The largest absolute Gasteiger partial charge is 0.497 e. The van der Waals surface area contributed by atoms with Crippen LogP contribution in [0.5, 0.6) is 5.75 Å². The van der Waals surface area contributed by atoms with Crippen molar-refractivity contribution in [2.45, 2.75) is 33.6 Å². The predicted octanol–water partition coefficient (Wildman–Crippen LogP) is 3.73. The van der Waals surface area contributed by atoms with Gasteiger partial charge in [-0.25, -0.2) is 0 Å². The minimum Gasteiger partial charge on any atom is -0.497 e. The highest BCUT2D eigenvalue weighted by Crippen LogP contribution is 2.27. The molecule has 0 spiro atoms. The zero-order valence-corrected chi connectivity index (χ0v) is 13.9. The van der Waals surface area contributed by atoms with E-state index >= 15 is 0 Å². The van der Waals surface area contributed by atoms with Crippen molar-refractivity contribution in [1.82, 2.24) is 5.32 Å². The number of rotatable bonds is 6. The molecule has 3 heteroatoms. The molecule has 3 nitrogen and oxygen atoms in total. The van der Waals surface area contributed by atoms with Gasteiger partial charge in [0.05, 0.1) is 7.11 Å². The summed E-state index contributed by atoms with van der Waals surface area (Å²) < 4.78 is 5.35. The molecule has 0 fully saturated rings. The fourth-order valence-corrected chi connectivity index (χ4v) is 2.78. The second-order valence-corrected chi connectivity index (χ2v) is 6.17. The first-order valence-electron chi connectivity index (χ1n) is 7.83. The quantitative estimate of drug-likeness (QED) is 0.882. The molecule has 0 heterocycles. The Labute approximate surface area is 132 Å². The van der Waals surface area contributed by atoms with Gasteiger partial charge in [-0.05, 0) is 52.8 Å². The summed E-state index contributed by atoms with van der Waals surface area (Å²) in [5, 5.41) is 5.32. The number of ether oxygens (including phenoxy) is 1. The molecule has 0 saturated heterocycles. The fraction of sp³-hybridized carbons (Fsp3) is 0.421. The third-order valence-corrected chi connectivity index (χ3v) is 3.72. The number of fused-ring (bicyclic) bond motifs is 1. The van der Waals surface area contributed by atoms with Gasteiger partial charge in [-0.3, -0.25) is 4.79 Å². The first-order chi connectivity index (χ1) is 10.5. The molecule has 0 aliphatic rings. The third-order valence-electron chi connectivity index (χ3n) is 3.72. The lowest BCUT2D eigenvalue weighted by Gasteiger charge is -2.13. The summed E-state index contributed by atoms with van der Waals surface area (Å²) in [5.74, 6) is 1.50. The number of carbonyl (C=O) groups excluding carboxylic acids is 1. The van der Waals surface area contributed by atoms with Gasteiger partial charge in [0, 0.05) is 13.5 Å². The summed E-state index contributed by atoms with van der Waals surface area (Å²) in [5.41, 5.74) is 2.62. The van der Waals surface area contributed by atoms with Gasteiger partial charge in [0.15, 0.2) is 0 Å². The Bertz CT molecular complexity index is 662. The molecule has 2 aromatic rings. The van der Waals surface area contributed by atoms with Gasteiger partial charge >= 0.3 is 0 Å². The second-order valence-electron chi connectivity index (χ2n) is 6.17. The van der Waals surface area contributed by atoms with Crippen LogP contribution in [0.1, 0.15) is 31.9 Å². The number of amides is 1. The van der Waals surface area contributed by atoms with Crippen molar-refractivity contribution >= 4 is 16.7 Å². The summed E-state index contributed by atoms with van der Waals surface area (Å²) in [4.78, 5) is 11.1. The Balaban J connectivity index is 2.39. The number of carbonyl (C=O) groups is 1. The van der Waals surface area contributed by atoms with Crippen LogP contribution in [0.25, 0.3) is 10.8 Å². The number of methoxy groups -OCH3 is 1. The molecule has 22 heavy (non-hydrogen) atoms. The van der Waals surface area contributed by atoms with E-state index in [1.54, 1.807) is 14.0 Å². The zero-order chi connectivity index (χ0) is 16.1. The standard InChI is InChI=1S/C19H25NO2/c1-13(2)9-15-10-16-5-6-18(22-4)12-19(16)17(11-15)7-8-20-14(3)21/h5-6,10-13H,7-9H2,1-4H3,(H,20,21). The van der Waals surface area contributed by atoms with Crippen LogP contribution in [-0.2, 0) is 17.6 Å². The fourth-order valence-electron chi connectivity index (χ4n) is 2.78. The SMILES string of the molecule is COc1ccc2cc(CC(C)C)cc(CCNC(C)=O)c2c1. The topological polar surface area (TPSA) is 38.3 Å². The maximum Gasteiger partial charge on any atom is 0.216 e.